The fourth-order valence-electron chi connectivity index (χ4n) is 2.19. The molecule has 2 rings (SSSR count). The van der Waals surface area contributed by atoms with Crippen molar-refractivity contribution in [1.29, 1.82) is 5.26 Å². The van der Waals surface area contributed by atoms with Gasteiger partial charge < -0.3 is 4.74 Å². The number of halogens is 1. The highest BCUT2D eigenvalue weighted by atomic mass is 79.9. The summed E-state index contributed by atoms with van der Waals surface area (Å²) in [6, 6.07) is 3.42. The van der Waals surface area contributed by atoms with Crippen LogP contribution in [0.2, 0.25) is 0 Å². The molecule has 0 saturated carbocycles. The van der Waals surface area contributed by atoms with E-state index in [4.69, 9.17) is 10.00 Å². The van der Waals surface area contributed by atoms with Gasteiger partial charge in [-0.15, -0.1) is 0 Å². The normalized spacial score (nSPS) is 15.3. The Morgan fingerprint density at radius 3 is 2.89 bits per heavy atom. The summed E-state index contributed by atoms with van der Waals surface area (Å²) in [7, 11) is 1.40. The fraction of sp³-hybridized carbons (Fsp3) is 0.250. The average Bonchev–Trinajstić information content (AvgIpc) is 2.74. The number of hydrogen-bond donors (Lipinski definition) is 0. The number of fused-ring (bicyclic) bond motifs is 1. The Bertz CT molecular complexity index is 602. The maximum Gasteiger partial charge on any atom is 0.312 e. The van der Waals surface area contributed by atoms with Crippen molar-refractivity contribution >= 4 is 27.2 Å². The summed E-state index contributed by atoms with van der Waals surface area (Å²) in [5.41, 5.74) is 2.33. The number of hydrogen-bond acceptors (Lipinski definition) is 4. The first-order valence-electron chi connectivity index (χ1n) is 5.23. The molecule has 0 heterocycles. The van der Waals surface area contributed by atoms with Crippen molar-refractivity contribution in [2.45, 2.75) is 12.8 Å². The number of nitro groups is 1. The zero-order valence-electron chi connectivity index (χ0n) is 9.57. The Kier molecular flexibility index (Phi) is 3.34. The largest absolute Gasteiger partial charge is 0.490 e. The second kappa shape index (κ2) is 4.78. The van der Waals surface area contributed by atoms with Gasteiger partial charge in [-0.1, -0.05) is 15.9 Å². The molecule has 0 atom stereocenters. The molecule has 1 aliphatic carbocycles. The molecule has 0 saturated heterocycles. The topological polar surface area (TPSA) is 76.2 Å². The van der Waals surface area contributed by atoms with E-state index in [1.807, 2.05) is 6.07 Å². The second-order valence-electron chi connectivity index (χ2n) is 3.82. The maximum atomic E-state index is 11.0. The molecule has 18 heavy (non-hydrogen) atoms. The number of nitrogens with zero attached hydrogens (tertiary/aromatic N) is 2. The Labute approximate surface area is 112 Å². The molecule has 0 N–H and O–H groups in total. The van der Waals surface area contributed by atoms with Gasteiger partial charge in [-0.25, -0.2) is 0 Å². The quantitative estimate of drug-likeness (QED) is 0.477. The van der Waals surface area contributed by atoms with E-state index in [0.717, 1.165) is 17.6 Å². The van der Waals surface area contributed by atoms with Gasteiger partial charge in [-0.2, -0.15) is 5.26 Å². The van der Waals surface area contributed by atoms with E-state index in [9.17, 15) is 10.1 Å². The third-order valence-electron chi connectivity index (χ3n) is 2.92. The second-order valence-corrected chi connectivity index (χ2v) is 4.67. The van der Waals surface area contributed by atoms with Crippen LogP contribution in [0, 0.1) is 21.4 Å². The van der Waals surface area contributed by atoms with Crippen LogP contribution >= 0.6 is 15.9 Å². The Morgan fingerprint density at radius 2 is 2.33 bits per heavy atom. The molecule has 6 heteroatoms. The van der Waals surface area contributed by atoms with Gasteiger partial charge in [-0.05, 0) is 24.0 Å². The first kappa shape index (κ1) is 12.6. The predicted molar refractivity (Wildman–Crippen MR) is 69.3 cm³/mol. The monoisotopic (exact) mass is 308 g/mol. The SMILES string of the molecule is COc1c([N+](=O)[O-])cc(Br)c2c1/C(=C/C#N)CC2. The smallest absolute Gasteiger partial charge is 0.312 e. The minimum Gasteiger partial charge on any atom is -0.490 e. The number of nitro benzene ring substituents is 1. The summed E-state index contributed by atoms with van der Waals surface area (Å²) in [5, 5.41) is 19.8. The van der Waals surface area contributed by atoms with E-state index >= 15 is 0 Å². The van der Waals surface area contributed by atoms with E-state index in [1.54, 1.807) is 0 Å². The van der Waals surface area contributed by atoms with Crippen molar-refractivity contribution in [3.8, 4) is 11.8 Å². The van der Waals surface area contributed by atoms with Crippen LogP contribution in [0.25, 0.3) is 5.57 Å². The van der Waals surface area contributed by atoms with Crippen LogP contribution in [-0.4, -0.2) is 12.0 Å². The van der Waals surface area contributed by atoms with Crippen LogP contribution < -0.4 is 4.74 Å². The van der Waals surface area contributed by atoms with Crippen LogP contribution in [-0.2, 0) is 6.42 Å². The van der Waals surface area contributed by atoms with Crippen LogP contribution in [0.5, 0.6) is 5.75 Å². The summed E-state index contributed by atoms with van der Waals surface area (Å²) in [4.78, 5) is 10.5. The number of benzene rings is 1. The van der Waals surface area contributed by atoms with Crippen molar-refractivity contribution in [3.63, 3.8) is 0 Å². The standard InChI is InChI=1S/C12H9BrN2O3/c1-18-12-10(15(16)17)6-9(13)8-3-2-7(4-5-14)11(8)12/h4,6H,2-3H2,1H3/b7-4+. The van der Waals surface area contributed by atoms with Gasteiger partial charge in [0.2, 0.25) is 5.75 Å². The molecule has 92 valence electrons. The number of rotatable bonds is 2. The molecular formula is C12H9BrN2O3. The van der Waals surface area contributed by atoms with Gasteiger partial charge in [0, 0.05) is 22.2 Å². The highest BCUT2D eigenvalue weighted by molar-refractivity contribution is 9.10. The number of allylic oxidation sites excluding steroid dienone is 2. The zero-order chi connectivity index (χ0) is 13.3. The van der Waals surface area contributed by atoms with Crippen LogP contribution in [0.1, 0.15) is 17.5 Å². The van der Waals surface area contributed by atoms with E-state index in [1.165, 1.54) is 19.3 Å². The molecule has 0 radical (unpaired) electrons. The molecule has 1 aromatic rings. The molecule has 1 aliphatic rings. The molecule has 0 unspecified atom stereocenters. The lowest BCUT2D eigenvalue weighted by Crippen LogP contribution is -1.99. The van der Waals surface area contributed by atoms with Gasteiger partial charge in [0.15, 0.2) is 0 Å². The van der Waals surface area contributed by atoms with E-state index in [2.05, 4.69) is 15.9 Å². The summed E-state index contributed by atoms with van der Waals surface area (Å²) < 4.78 is 5.85. The first-order chi connectivity index (χ1) is 8.60. The van der Waals surface area contributed by atoms with Crippen LogP contribution in [0.15, 0.2) is 16.6 Å². The minimum atomic E-state index is -0.480. The predicted octanol–water partition coefficient (Wildman–Crippen LogP) is 3.22. The minimum absolute atomic E-state index is 0.0890. The Morgan fingerprint density at radius 1 is 1.61 bits per heavy atom. The summed E-state index contributed by atoms with van der Waals surface area (Å²) in [6.07, 6.45) is 2.86. The van der Waals surface area contributed by atoms with Crippen LogP contribution in [0.4, 0.5) is 5.69 Å². The van der Waals surface area contributed by atoms with Gasteiger partial charge >= 0.3 is 5.69 Å². The average molecular weight is 309 g/mol. The van der Waals surface area contributed by atoms with Crippen molar-refractivity contribution in [2.24, 2.45) is 0 Å². The molecule has 0 bridgehead atoms. The van der Waals surface area contributed by atoms with Crippen molar-refractivity contribution in [1.82, 2.24) is 0 Å². The van der Waals surface area contributed by atoms with E-state index < -0.39 is 4.92 Å². The van der Waals surface area contributed by atoms with Crippen molar-refractivity contribution < 1.29 is 9.66 Å². The molecule has 1 aromatic carbocycles. The van der Waals surface area contributed by atoms with Gasteiger partial charge in [0.25, 0.3) is 0 Å². The third-order valence-corrected chi connectivity index (χ3v) is 3.63. The molecule has 5 nitrogen and oxygen atoms in total. The molecule has 0 aliphatic heterocycles. The Balaban J connectivity index is 2.78. The summed E-state index contributed by atoms with van der Waals surface area (Å²) in [6.45, 7) is 0. The van der Waals surface area contributed by atoms with Crippen LogP contribution in [0.3, 0.4) is 0 Å². The van der Waals surface area contributed by atoms with Crippen molar-refractivity contribution in [2.75, 3.05) is 7.11 Å². The third kappa shape index (κ3) is 1.87. The molecule has 0 spiro atoms. The molecule has 0 fully saturated rings. The Hall–Kier alpha value is -1.87. The lowest BCUT2D eigenvalue weighted by Gasteiger charge is -2.10. The summed E-state index contributed by atoms with van der Waals surface area (Å²) >= 11 is 3.34. The first-order valence-corrected chi connectivity index (χ1v) is 6.02. The van der Waals surface area contributed by atoms with Gasteiger partial charge in [0.05, 0.1) is 18.1 Å². The molecule has 0 aromatic heterocycles. The summed E-state index contributed by atoms with van der Waals surface area (Å²) in [5.74, 6) is 0.234. The van der Waals surface area contributed by atoms with Gasteiger partial charge in [-0.3, -0.25) is 10.1 Å². The fourth-order valence-corrected chi connectivity index (χ4v) is 2.80. The van der Waals surface area contributed by atoms with E-state index in [0.29, 0.717) is 16.5 Å². The molecular weight excluding hydrogens is 300 g/mol. The highest BCUT2D eigenvalue weighted by Gasteiger charge is 2.30. The zero-order valence-corrected chi connectivity index (χ0v) is 11.2. The maximum absolute atomic E-state index is 11.0. The van der Waals surface area contributed by atoms with Crippen molar-refractivity contribution in [3.05, 3.63) is 37.9 Å². The number of ether oxygens (including phenoxy) is 1. The number of methoxy groups -OCH3 is 1. The number of nitriles is 1. The molecule has 0 amide bonds. The van der Waals surface area contributed by atoms with Gasteiger partial charge in [0.1, 0.15) is 0 Å². The van der Waals surface area contributed by atoms with E-state index in [-0.39, 0.29) is 11.4 Å². The lowest BCUT2D eigenvalue weighted by molar-refractivity contribution is -0.385. The lowest BCUT2D eigenvalue weighted by atomic mass is 10.0. The highest BCUT2D eigenvalue weighted by Crippen LogP contribution is 2.47.